The molecule has 6 nitrogen and oxygen atoms in total. The summed E-state index contributed by atoms with van der Waals surface area (Å²) in [5.74, 6) is -0.214. The largest absolute Gasteiger partial charge is 0.388 e. The van der Waals surface area contributed by atoms with Gasteiger partial charge in [0.15, 0.2) is 0 Å². The molecule has 1 fully saturated rings. The van der Waals surface area contributed by atoms with E-state index in [0.29, 0.717) is 13.0 Å². The average Bonchev–Trinajstić information content (AvgIpc) is 2.59. The van der Waals surface area contributed by atoms with E-state index < -0.39 is 6.10 Å². The van der Waals surface area contributed by atoms with Crippen LogP contribution < -0.4 is 5.73 Å². The highest BCUT2D eigenvalue weighted by molar-refractivity contribution is 5.79. The normalized spacial score (nSPS) is 17.4. The fourth-order valence-corrected chi connectivity index (χ4v) is 3.14. The highest BCUT2D eigenvalue weighted by Gasteiger charge is 2.27. The molecule has 0 aromatic heterocycles. The number of hydrogen-bond acceptors (Lipinski definition) is 4. The quantitative estimate of drug-likeness (QED) is 0.771. The standard InChI is InChI=1S/C18H27N3O3/c1-20(10-9-16(22)14-5-3-2-4-6-14)18(24)15-7-11-21(12-8-15)13-17(19)23/h2-6,15-16,22H,7-13H2,1H3,(H2,19,23)/t16-/m0/s1. The van der Waals surface area contributed by atoms with E-state index in [2.05, 4.69) is 0 Å². The molecule has 0 radical (unpaired) electrons. The summed E-state index contributed by atoms with van der Waals surface area (Å²) in [6.07, 6.45) is 1.46. The van der Waals surface area contributed by atoms with Crippen molar-refractivity contribution in [3.05, 3.63) is 35.9 Å². The number of rotatable bonds is 7. The molecule has 2 amide bonds. The smallest absolute Gasteiger partial charge is 0.231 e. The van der Waals surface area contributed by atoms with Gasteiger partial charge in [-0.2, -0.15) is 0 Å². The maximum atomic E-state index is 12.5. The van der Waals surface area contributed by atoms with Crippen LogP contribution in [0.3, 0.4) is 0 Å². The van der Waals surface area contributed by atoms with E-state index >= 15 is 0 Å². The molecule has 1 aromatic carbocycles. The Balaban J connectivity index is 1.75. The average molecular weight is 333 g/mol. The van der Waals surface area contributed by atoms with Crippen LogP contribution in [-0.2, 0) is 9.59 Å². The topological polar surface area (TPSA) is 86.9 Å². The van der Waals surface area contributed by atoms with Gasteiger partial charge in [-0.15, -0.1) is 0 Å². The van der Waals surface area contributed by atoms with E-state index in [0.717, 1.165) is 31.5 Å². The van der Waals surface area contributed by atoms with Crippen molar-refractivity contribution < 1.29 is 14.7 Å². The zero-order valence-electron chi connectivity index (χ0n) is 14.2. The van der Waals surface area contributed by atoms with Gasteiger partial charge in [-0.25, -0.2) is 0 Å². The second-order valence-electron chi connectivity index (χ2n) is 6.49. The Kier molecular flexibility index (Phi) is 6.75. The number of nitrogens with two attached hydrogens (primary N) is 1. The fraction of sp³-hybridized carbons (Fsp3) is 0.556. The van der Waals surface area contributed by atoms with Crippen molar-refractivity contribution in [3.8, 4) is 0 Å². The monoisotopic (exact) mass is 333 g/mol. The number of primary amides is 1. The van der Waals surface area contributed by atoms with Crippen molar-refractivity contribution >= 4 is 11.8 Å². The van der Waals surface area contributed by atoms with Crippen molar-refractivity contribution in [2.75, 3.05) is 33.2 Å². The van der Waals surface area contributed by atoms with Crippen molar-refractivity contribution in [2.45, 2.75) is 25.4 Å². The first-order valence-corrected chi connectivity index (χ1v) is 8.46. The molecule has 0 spiro atoms. The van der Waals surface area contributed by atoms with Crippen LogP contribution in [-0.4, -0.2) is 59.9 Å². The Labute approximate surface area is 143 Å². The van der Waals surface area contributed by atoms with Crippen LogP contribution in [0.1, 0.15) is 30.9 Å². The second kappa shape index (κ2) is 8.80. The Morgan fingerprint density at radius 1 is 1.29 bits per heavy atom. The van der Waals surface area contributed by atoms with E-state index in [4.69, 9.17) is 5.73 Å². The minimum Gasteiger partial charge on any atom is -0.388 e. The molecule has 3 N–H and O–H groups in total. The first-order chi connectivity index (χ1) is 11.5. The number of nitrogens with zero attached hydrogens (tertiary/aromatic N) is 2. The van der Waals surface area contributed by atoms with Crippen LogP contribution >= 0.6 is 0 Å². The van der Waals surface area contributed by atoms with Crippen LogP contribution in [0.25, 0.3) is 0 Å². The number of aliphatic hydroxyl groups is 1. The number of carbonyl (C=O) groups excluding carboxylic acids is 2. The number of amides is 2. The van der Waals surface area contributed by atoms with Gasteiger partial charge in [0.25, 0.3) is 0 Å². The molecular weight excluding hydrogens is 306 g/mol. The molecular formula is C18H27N3O3. The zero-order chi connectivity index (χ0) is 17.5. The van der Waals surface area contributed by atoms with E-state index in [1.165, 1.54) is 0 Å². The molecule has 0 bridgehead atoms. The molecule has 0 unspecified atom stereocenters. The third-order valence-electron chi connectivity index (χ3n) is 4.61. The van der Waals surface area contributed by atoms with Gasteiger partial charge in [0.1, 0.15) is 0 Å². The zero-order valence-corrected chi connectivity index (χ0v) is 14.2. The lowest BCUT2D eigenvalue weighted by Gasteiger charge is -2.32. The van der Waals surface area contributed by atoms with Gasteiger partial charge >= 0.3 is 0 Å². The predicted octanol–water partition coefficient (Wildman–Crippen LogP) is 0.766. The van der Waals surface area contributed by atoms with Gasteiger partial charge < -0.3 is 15.7 Å². The third kappa shape index (κ3) is 5.32. The Bertz CT molecular complexity index is 542. The number of carbonyl (C=O) groups is 2. The minimum atomic E-state index is -0.557. The van der Waals surface area contributed by atoms with E-state index in [-0.39, 0.29) is 24.3 Å². The molecule has 1 saturated heterocycles. The van der Waals surface area contributed by atoms with Gasteiger partial charge in [0.2, 0.25) is 11.8 Å². The summed E-state index contributed by atoms with van der Waals surface area (Å²) < 4.78 is 0. The maximum Gasteiger partial charge on any atom is 0.231 e. The molecule has 24 heavy (non-hydrogen) atoms. The molecule has 1 aliphatic heterocycles. The minimum absolute atomic E-state index is 0.00649. The lowest BCUT2D eigenvalue weighted by molar-refractivity contribution is -0.136. The Morgan fingerprint density at radius 2 is 1.92 bits per heavy atom. The number of piperidine rings is 1. The second-order valence-corrected chi connectivity index (χ2v) is 6.49. The van der Waals surface area contributed by atoms with E-state index in [1.54, 1.807) is 11.9 Å². The lowest BCUT2D eigenvalue weighted by atomic mass is 9.95. The summed E-state index contributed by atoms with van der Waals surface area (Å²) in [6, 6.07) is 9.49. The fourth-order valence-electron chi connectivity index (χ4n) is 3.14. The number of hydrogen-bond donors (Lipinski definition) is 2. The van der Waals surface area contributed by atoms with Gasteiger partial charge in [0, 0.05) is 19.5 Å². The van der Waals surface area contributed by atoms with Crippen LogP contribution in [0.4, 0.5) is 0 Å². The summed E-state index contributed by atoms with van der Waals surface area (Å²) in [6.45, 7) is 2.23. The number of benzene rings is 1. The predicted molar refractivity (Wildman–Crippen MR) is 92.0 cm³/mol. The molecule has 132 valence electrons. The molecule has 2 rings (SSSR count). The number of likely N-dealkylation sites (tertiary alicyclic amines) is 1. The Hall–Kier alpha value is -1.92. The van der Waals surface area contributed by atoms with Crippen molar-refractivity contribution in [2.24, 2.45) is 11.7 Å². The van der Waals surface area contributed by atoms with Crippen molar-refractivity contribution in [1.29, 1.82) is 0 Å². The van der Waals surface area contributed by atoms with E-state index in [9.17, 15) is 14.7 Å². The van der Waals surface area contributed by atoms with Crippen LogP contribution in [0.5, 0.6) is 0 Å². The summed E-state index contributed by atoms with van der Waals surface area (Å²) in [7, 11) is 1.79. The van der Waals surface area contributed by atoms with Crippen LogP contribution in [0.15, 0.2) is 30.3 Å². The molecule has 1 aromatic rings. The molecule has 6 heteroatoms. The highest BCUT2D eigenvalue weighted by atomic mass is 16.3. The molecule has 1 heterocycles. The van der Waals surface area contributed by atoms with Crippen LogP contribution in [0.2, 0.25) is 0 Å². The van der Waals surface area contributed by atoms with Crippen molar-refractivity contribution in [3.63, 3.8) is 0 Å². The van der Waals surface area contributed by atoms with Gasteiger partial charge in [-0.1, -0.05) is 30.3 Å². The van der Waals surface area contributed by atoms with Gasteiger partial charge in [-0.3, -0.25) is 14.5 Å². The van der Waals surface area contributed by atoms with Gasteiger partial charge in [-0.05, 0) is 37.9 Å². The summed E-state index contributed by atoms with van der Waals surface area (Å²) >= 11 is 0. The summed E-state index contributed by atoms with van der Waals surface area (Å²) in [4.78, 5) is 27.1. The maximum absolute atomic E-state index is 12.5. The van der Waals surface area contributed by atoms with E-state index in [1.807, 2.05) is 35.2 Å². The summed E-state index contributed by atoms with van der Waals surface area (Å²) in [5, 5.41) is 10.2. The third-order valence-corrected chi connectivity index (χ3v) is 4.61. The molecule has 1 atom stereocenters. The first kappa shape index (κ1) is 18.4. The Morgan fingerprint density at radius 3 is 2.50 bits per heavy atom. The summed E-state index contributed by atoms with van der Waals surface area (Å²) in [5.41, 5.74) is 6.08. The molecule has 1 aliphatic rings. The van der Waals surface area contributed by atoms with Gasteiger partial charge in [0.05, 0.1) is 12.6 Å². The molecule has 0 saturated carbocycles. The first-order valence-electron chi connectivity index (χ1n) is 8.46. The van der Waals surface area contributed by atoms with Crippen molar-refractivity contribution in [1.82, 2.24) is 9.80 Å². The highest BCUT2D eigenvalue weighted by Crippen LogP contribution is 2.21. The molecule has 0 aliphatic carbocycles. The SMILES string of the molecule is CN(CC[C@H](O)c1ccccc1)C(=O)C1CCN(CC(N)=O)CC1. The number of aliphatic hydroxyl groups excluding tert-OH is 1. The lowest BCUT2D eigenvalue weighted by Crippen LogP contribution is -2.44. The van der Waals surface area contributed by atoms with Crippen LogP contribution in [0, 0.1) is 5.92 Å².